The highest BCUT2D eigenvalue weighted by atomic mass is 16.6. The van der Waals surface area contributed by atoms with Gasteiger partial charge in [-0.3, -0.25) is 4.79 Å². The van der Waals surface area contributed by atoms with Crippen LogP contribution in [0.3, 0.4) is 0 Å². The van der Waals surface area contributed by atoms with E-state index in [-0.39, 0.29) is 0 Å². The van der Waals surface area contributed by atoms with Crippen LogP contribution in [-0.4, -0.2) is 32.2 Å². The zero-order valence-corrected chi connectivity index (χ0v) is 9.14. The van der Waals surface area contributed by atoms with Gasteiger partial charge in [0.1, 0.15) is 5.75 Å². The Morgan fingerprint density at radius 2 is 2.06 bits per heavy atom. The largest absolute Gasteiger partial charge is 0.497 e. The van der Waals surface area contributed by atoms with Crippen molar-refractivity contribution in [2.24, 2.45) is 0 Å². The molecule has 0 aromatic heterocycles. The second kappa shape index (κ2) is 4.63. The molecule has 1 fully saturated rings. The Hall–Kier alpha value is -1.39. The van der Waals surface area contributed by atoms with Gasteiger partial charge in [-0.25, -0.2) is 0 Å². The molecule has 1 aliphatic heterocycles. The van der Waals surface area contributed by atoms with Crippen LogP contribution in [0.1, 0.15) is 5.56 Å². The van der Waals surface area contributed by atoms with E-state index in [4.69, 9.17) is 14.2 Å². The van der Waals surface area contributed by atoms with Crippen molar-refractivity contribution < 1.29 is 19.0 Å². The molecular formula is C12H14O4. The van der Waals surface area contributed by atoms with Gasteiger partial charge in [0, 0.05) is 0 Å². The van der Waals surface area contributed by atoms with Crippen molar-refractivity contribution in [3.8, 4) is 5.75 Å². The van der Waals surface area contributed by atoms with Gasteiger partial charge < -0.3 is 14.2 Å². The van der Waals surface area contributed by atoms with Crippen LogP contribution in [0.15, 0.2) is 24.3 Å². The van der Waals surface area contributed by atoms with Crippen LogP contribution < -0.4 is 4.74 Å². The number of carbonyl (C=O) groups excluding carboxylic acids is 1. The normalized spacial score (nSPS) is 17.6. The number of hydrogen-bond acceptors (Lipinski definition) is 4. The van der Waals surface area contributed by atoms with Crippen molar-refractivity contribution in [2.45, 2.75) is 12.2 Å². The average Bonchev–Trinajstić information content (AvgIpc) is 2.29. The zero-order chi connectivity index (χ0) is 11.4. The van der Waals surface area contributed by atoms with Gasteiger partial charge >= 0.3 is 0 Å². The van der Waals surface area contributed by atoms with Gasteiger partial charge in [0.25, 0.3) is 0 Å². The third-order valence-corrected chi connectivity index (χ3v) is 2.59. The Morgan fingerprint density at radius 3 is 2.50 bits per heavy atom. The third kappa shape index (κ3) is 2.23. The molecule has 1 heterocycles. The topological polar surface area (TPSA) is 44.8 Å². The molecule has 0 amide bonds. The molecule has 1 aromatic carbocycles. The van der Waals surface area contributed by atoms with E-state index in [0.29, 0.717) is 19.8 Å². The van der Waals surface area contributed by atoms with Crippen molar-refractivity contribution in [3.63, 3.8) is 0 Å². The predicted molar refractivity (Wildman–Crippen MR) is 57.4 cm³/mol. The fourth-order valence-electron chi connectivity index (χ4n) is 1.44. The zero-order valence-electron chi connectivity index (χ0n) is 9.14. The minimum Gasteiger partial charge on any atom is -0.497 e. The SMILES string of the molecule is COc1ccc(COC2(C=O)COC2)cc1. The second-order valence-corrected chi connectivity index (χ2v) is 3.81. The average molecular weight is 222 g/mol. The molecule has 1 saturated heterocycles. The minimum atomic E-state index is -0.722. The van der Waals surface area contributed by atoms with Crippen LogP contribution >= 0.6 is 0 Å². The minimum absolute atomic E-state index is 0.354. The van der Waals surface area contributed by atoms with Gasteiger partial charge in [-0.05, 0) is 17.7 Å². The molecule has 0 unspecified atom stereocenters. The highest BCUT2D eigenvalue weighted by Gasteiger charge is 2.39. The Balaban J connectivity index is 1.91. The maximum atomic E-state index is 10.8. The lowest BCUT2D eigenvalue weighted by molar-refractivity contribution is -0.203. The summed E-state index contributed by atoms with van der Waals surface area (Å²) in [5.74, 6) is 0.806. The highest BCUT2D eigenvalue weighted by molar-refractivity contribution is 5.64. The van der Waals surface area contributed by atoms with Gasteiger partial charge in [0.15, 0.2) is 11.9 Å². The number of hydrogen-bond donors (Lipinski definition) is 0. The van der Waals surface area contributed by atoms with Crippen molar-refractivity contribution >= 4 is 6.29 Å². The molecule has 0 N–H and O–H groups in total. The number of aldehydes is 1. The summed E-state index contributed by atoms with van der Waals surface area (Å²) in [6, 6.07) is 7.56. The molecule has 0 saturated carbocycles. The molecule has 0 spiro atoms. The molecule has 0 aliphatic carbocycles. The molecule has 2 rings (SSSR count). The summed E-state index contributed by atoms with van der Waals surface area (Å²) < 4.78 is 15.6. The summed E-state index contributed by atoms with van der Waals surface area (Å²) in [5.41, 5.74) is 0.286. The second-order valence-electron chi connectivity index (χ2n) is 3.81. The fraction of sp³-hybridized carbons (Fsp3) is 0.417. The van der Waals surface area contributed by atoms with E-state index < -0.39 is 5.60 Å². The standard InChI is InChI=1S/C12H14O4/c1-14-11-4-2-10(3-5-11)6-16-12(7-13)8-15-9-12/h2-5,7H,6,8-9H2,1H3. The van der Waals surface area contributed by atoms with Crippen LogP contribution in [0.25, 0.3) is 0 Å². The molecular weight excluding hydrogens is 208 g/mol. The van der Waals surface area contributed by atoms with Crippen molar-refractivity contribution in [3.05, 3.63) is 29.8 Å². The lowest BCUT2D eigenvalue weighted by Crippen LogP contribution is -2.53. The van der Waals surface area contributed by atoms with Crippen molar-refractivity contribution in [1.82, 2.24) is 0 Å². The molecule has 4 nitrogen and oxygen atoms in total. The summed E-state index contributed by atoms with van der Waals surface area (Å²) in [4.78, 5) is 10.8. The van der Waals surface area contributed by atoms with Crippen LogP contribution in [-0.2, 0) is 20.9 Å². The van der Waals surface area contributed by atoms with E-state index in [0.717, 1.165) is 17.6 Å². The maximum absolute atomic E-state index is 10.8. The summed E-state index contributed by atoms with van der Waals surface area (Å²) in [6.07, 6.45) is 0.819. The van der Waals surface area contributed by atoms with Gasteiger partial charge in [0.2, 0.25) is 0 Å². The van der Waals surface area contributed by atoms with E-state index in [1.165, 1.54) is 0 Å². The van der Waals surface area contributed by atoms with Crippen LogP contribution in [0.5, 0.6) is 5.75 Å². The first-order chi connectivity index (χ1) is 7.78. The first-order valence-corrected chi connectivity index (χ1v) is 5.09. The number of ether oxygens (including phenoxy) is 3. The molecule has 0 bridgehead atoms. The Bertz CT molecular complexity index is 354. The van der Waals surface area contributed by atoms with Crippen molar-refractivity contribution in [2.75, 3.05) is 20.3 Å². The van der Waals surface area contributed by atoms with Gasteiger partial charge in [-0.15, -0.1) is 0 Å². The van der Waals surface area contributed by atoms with Crippen LogP contribution in [0.4, 0.5) is 0 Å². The van der Waals surface area contributed by atoms with E-state index in [2.05, 4.69) is 0 Å². The summed E-state index contributed by atoms with van der Waals surface area (Å²) in [5, 5.41) is 0. The van der Waals surface area contributed by atoms with Crippen molar-refractivity contribution in [1.29, 1.82) is 0 Å². The molecule has 0 atom stereocenters. The predicted octanol–water partition coefficient (Wildman–Crippen LogP) is 1.18. The number of benzene rings is 1. The molecule has 4 heteroatoms. The Morgan fingerprint density at radius 1 is 1.38 bits per heavy atom. The number of rotatable bonds is 5. The number of carbonyl (C=O) groups is 1. The van der Waals surface area contributed by atoms with E-state index in [1.807, 2.05) is 24.3 Å². The smallest absolute Gasteiger partial charge is 0.170 e. The van der Waals surface area contributed by atoms with Crippen LogP contribution in [0, 0.1) is 0 Å². The maximum Gasteiger partial charge on any atom is 0.170 e. The summed E-state index contributed by atoms with van der Waals surface area (Å²) in [6.45, 7) is 1.12. The number of methoxy groups -OCH3 is 1. The van der Waals surface area contributed by atoms with Gasteiger partial charge in [-0.1, -0.05) is 12.1 Å². The summed E-state index contributed by atoms with van der Waals surface area (Å²) in [7, 11) is 1.62. The molecule has 16 heavy (non-hydrogen) atoms. The molecule has 1 aliphatic rings. The first kappa shape index (κ1) is 11.1. The fourth-order valence-corrected chi connectivity index (χ4v) is 1.44. The molecule has 1 aromatic rings. The highest BCUT2D eigenvalue weighted by Crippen LogP contribution is 2.21. The van der Waals surface area contributed by atoms with E-state index >= 15 is 0 Å². The third-order valence-electron chi connectivity index (χ3n) is 2.59. The van der Waals surface area contributed by atoms with E-state index in [1.54, 1.807) is 7.11 Å². The molecule has 0 radical (unpaired) electrons. The van der Waals surface area contributed by atoms with Crippen LogP contribution in [0.2, 0.25) is 0 Å². The lowest BCUT2D eigenvalue weighted by Gasteiger charge is -2.36. The first-order valence-electron chi connectivity index (χ1n) is 5.09. The Labute approximate surface area is 94.1 Å². The monoisotopic (exact) mass is 222 g/mol. The lowest BCUT2D eigenvalue weighted by atomic mass is 10.0. The van der Waals surface area contributed by atoms with Gasteiger partial charge in [-0.2, -0.15) is 0 Å². The molecule has 86 valence electrons. The Kier molecular flexibility index (Phi) is 3.22. The van der Waals surface area contributed by atoms with Gasteiger partial charge in [0.05, 0.1) is 26.9 Å². The quantitative estimate of drug-likeness (QED) is 0.702. The summed E-state index contributed by atoms with van der Waals surface area (Å²) >= 11 is 0. The van der Waals surface area contributed by atoms with E-state index in [9.17, 15) is 4.79 Å².